The quantitative estimate of drug-likeness (QED) is 0.912. The fourth-order valence-corrected chi connectivity index (χ4v) is 1.86. The molecule has 1 amide bonds. The number of amides is 1. The Morgan fingerprint density at radius 2 is 1.95 bits per heavy atom. The maximum atomic E-state index is 12.1. The molecule has 6 heteroatoms. The van der Waals surface area contributed by atoms with E-state index in [1.165, 1.54) is 6.33 Å². The number of halogens is 1. The monoisotopic (exact) mass is 304 g/mol. The van der Waals surface area contributed by atoms with Crippen LogP contribution in [0, 0.1) is 0 Å². The van der Waals surface area contributed by atoms with E-state index in [0.29, 0.717) is 16.5 Å². The predicted molar refractivity (Wildman–Crippen MR) is 84.0 cm³/mol. The molecule has 0 aliphatic carbocycles. The summed E-state index contributed by atoms with van der Waals surface area (Å²) in [7, 11) is 0. The number of nitrogens with zero attached hydrogens (tertiary/aromatic N) is 2. The molecule has 0 atom stereocenters. The number of benzene rings is 1. The lowest BCUT2D eigenvalue weighted by Crippen LogP contribution is -2.40. The zero-order valence-electron chi connectivity index (χ0n) is 12.1. The summed E-state index contributed by atoms with van der Waals surface area (Å²) in [5, 5.41) is 6.57. The third-order valence-corrected chi connectivity index (χ3v) is 2.72. The number of carbonyl (C=O) groups is 1. The van der Waals surface area contributed by atoms with Gasteiger partial charge >= 0.3 is 0 Å². The van der Waals surface area contributed by atoms with Crippen LogP contribution in [-0.4, -0.2) is 21.4 Å². The standard InChI is InChI=1S/C15H17ClN4O/c1-15(2,3)20-14(21)12-8-13(18-9-17-12)19-11-6-4-5-10(16)7-11/h4-9H,1-3H3,(H,20,21)(H,17,18,19). The average Bonchev–Trinajstić information content (AvgIpc) is 2.37. The topological polar surface area (TPSA) is 66.9 Å². The summed E-state index contributed by atoms with van der Waals surface area (Å²) in [6.07, 6.45) is 1.35. The molecule has 0 aliphatic heterocycles. The SMILES string of the molecule is CC(C)(C)NC(=O)c1cc(Nc2cccc(Cl)c2)ncn1. The molecular weight excluding hydrogens is 288 g/mol. The van der Waals surface area contributed by atoms with Gasteiger partial charge in [-0.05, 0) is 39.0 Å². The first-order chi connectivity index (χ1) is 9.83. The second-order valence-electron chi connectivity index (χ2n) is 5.63. The van der Waals surface area contributed by atoms with Gasteiger partial charge in [-0.15, -0.1) is 0 Å². The molecule has 0 aliphatic rings. The number of nitrogens with one attached hydrogen (secondary N) is 2. The van der Waals surface area contributed by atoms with Gasteiger partial charge in [-0.1, -0.05) is 17.7 Å². The van der Waals surface area contributed by atoms with E-state index in [9.17, 15) is 4.79 Å². The summed E-state index contributed by atoms with van der Waals surface area (Å²) in [5.41, 5.74) is 0.788. The van der Waals surface area contributed by atoms with E-state index in [1.807, 2.05) is 32.9 Å². The Bertz CT molecular complexity index is 652. The Hall–Kier alpha value is -2.14. The first-order valence-corrected chi connectivity index (χ1v) is 6.88. The lowest BCUT2D eigenvalue weighted by Gasteiger charge is -2.20. The summed E-state index contributed by atoms with van der Waals surface area (Å²) in [4.78, 5) is 20.2. The van der Waals surface area contributed by atoms with Crippen molar-refractivity contribution in [2.75, 3.05) is 5.32 Å². The van der Waals surface area contributed by atoms with E-state index in [4.69, 9.17) is 11.6 Å². The molecule has 5 nitrogen and oxygen atoms in total. The van der Waals surface area contributed by atoms with E-state index in [1.54, 1.807) is 18.2 Å². The van der Waals surface area contributed by atoms with Gasteiger partial charge < -0.3 is 10.6 Å². The smallest absolute Gasteiger partial charge is 0.270 e. The van der Waals surface area contributed by atoms with Crippen LogP contribution in [0.4, 0.5) is 11.5 Å². The predicted octanol–water partition coefficient (Wildman–Crippen LogP) is 3.40. The molecule has 0 radical (unpaired) electrons. The van der Waals surface area contributed by atoms with E-state index in [0.717, 1.165) is 5.69 Å². The van der Waals surface area contributed by atoms with Gasteiger partial charge in [-0.2, -0.15) is 0 Å². The third-order valence-electron chi connectivity index (χ3n) is 2.49. The third kappa shape index (κ3) is 4.72. The van der Waals surface area contributed by atoms with Crippen molar-refractivity contribution < 1.29 is 4.79 Å². The lowest BCUT2D eigenvalue weighted by atomic mass is 10.1. The van der Waals surface area contributed by atoms with Gasteiger partial charge in [0.1, 0.15) is 17.8 Å². The van der Waals surface area contributed by atoms with Crippen LogP contribution in [0.3, 0.4) is 0 Å². The molecule has 0 saturated carbocycles. The number of hydrogen-bond acceptors (Lipinski definition) is 4. The number of carbonyl (C=O) groups excluding carboxylic acids is 1. The van der Waals surface area contributed by atoms with Gasteiger partial charge in [0.05, 0.1) is 0 Å². The highest BCUT2D eigenvalue weighted by molar-refractivity contribution is 6.30. The van der Waals surface area contributed by atoms with Gasteiger partial charge in [0.2, 0.25) is 0 Å². The molecule has 2 rings (SSSR count). The maximum absolute atomic E-state index is 12.1. The van der Waals surface area contributed by atoms with E-state index < -0.39 is 0 Å². The van der Waals surface area contributed by atoms with Crippen molar-refractivity contribution in [1.29, 1.82) is 0 Å². The second-order valence-corrected chi connectivity index (χ2v) is 6.06. The lowest BCUT2D eigenvalue weighted by molar-refractivity contribution is 0.0914. The van der Waals surface area contributed by atoms with Crippen molar-refractivity contribution in [1.82, 2.24) is 15.3 Å². The molecule has 0 spiro atoms. The molecule has 2 N–H and O–H groups in total. The van der Waals surface area contributed by atoms with Crippen molar-refractivity contribution in [2.45, 2.75) is 26.3 Å². The average molecular weight is 305 g/mol. The maximum Gasteiger partial charge on any atom is 0.270 e. The summed E-state index contributed by atoms with van der Waals surface area (Å²) in [5.74, 6) is 0.297. The minimum Gasteiger partial charge on any atom is -0.346 e. The zero-order chi connectivity index (χ0) is 15.5. The Balaban J connectivity index is 2.16. The van der Waals surface area contributed by atoms with Crippen LogP contribution >= 0.6 is 11.6 Å². The first kappa shape index (κ1) is 15.3. The van der Waals surface area contributed by atoms with Crippen LogP contribution in [-0.2, 0) is 0 Å². The molecule has 0 unspecified atom stereocenters. The molecule has 0 saturated heterocycles. The molecule has 1 aromatic heterocycles. The number of aromatic nitrogens is 2. The zero-order valence-corrected chi connectivity index (χ0v) is 12.9. The number of anilines is 2. The Labute approximate surface area is 128 Å². The molecule has 1 aromatic carbocycles. The van der Waals surface area contributed by atoms with Gasteiger partial charge in [0.15, 0.2) is 0 Å². The molecule has 0 bridgehead atoms. The minimum atomic E-state index is -0.317. The van der Waals surface area contributed by atoms with Crippen LogP contribution in [0.1, 0.15) is 31.3 Å². The summed E-state index contributed by atoms with van der Waals surface area (Å²) < 4.78 is 0. The molecule has 2 aromatic rings. The summed E-state index contributed by atoms with van der Waals surface area (Å²) in [6, 6.07) is 8.86. The van der Waals surface area contributed by atoms with Crippen LogP contribution in [0.25, 0.3) is 0 Å². The summed E-state index contributed by atoms with van der Waals surface area (Å²) in [6.45, 7) is 5.74. The molecule has 21 heavy (non-hydrogen) atoms. The first-order valence-electron chi connectivity index (χ1n) is 6.51. The minimum absolute atomic E-state index is 0.237. The largest absolute Gasteiger partial charge is 0.346 e. The normalized spacial score (nSPS) is 11.0. The van der Waals surface area contributed by atoms with Gasteiger partial charge in [0.25, 0.3) is 5.91 Å². The van der Waals surface area contributed by atoms with Crippen molar-refractivity contribution in [3.05, 3.63) is 47.4 Å². The molecule has 110 valence electrons. The molecule has 1 heterocycles. The molecule has 0 fully saturated rings. The second kappa shape index (κ2) is 6.10. The van der Waals surface area contributed by atoms with Crippen LogP contribution in [0.2, 0.25) is 5.02 Å². The highest BCUT2D eigenvalue weighted by Crippen LogP contribution is 2.19. The van der Waals surface area contributed by atoms with E-state index in [2.05, 4.69) is 20.6 Å². The van der Waals surface area contributed by atoms with E-state index in [-0.39, 0.29) is 11.4 Å². The van der Waals surface area contributed by atoms with Crippen molar-refractivity contribution in [3.63, 3.8) is 0 Å². The van der Waals surface area contributed by atoms with Crippen molar-refractivity contribution in [3.8, 4) is 0 Å². The highest BCUT2D eigenvalue weighted by Gasteiger charge is 2.16. The van der Waals surface area contributed by atoms with Gasteiger partial charge in [-0.3, -0.25) is 4.79 Å². The molecular formula is C15H17ClN4O. The fraction of sp³-hybridized carbons (Fsp3) is 0.267. The van der Waals surface area contributed by atoms with Gasteiger partial charge in [-0.25, -0.2) is 9.97 Å². The van der Waals surface area contributed by atoms with Gasteiger partial charge in [0, 0.05) is 22.3 Å². The Kier molecular flexibility index (Phi) is 4.43. The van der Waals surface area contributed by atoms with Crippen molar-refractivity contribution in [2.24, 2.45) is 0 Å². The van der Waals surface area contributed by atoms with E-state index >= 15 is 0 Å². The van der Waals surface area contributed by atoms with Crippen LogP contribution < -0.4 is 10.6 Å². The number of hydrogen-bond donors (Lipinski definition) is 2. The van der Waals surface area contributed by atoms with Crippen LogP contribution in [0.15, 0.2) is 36.7 Å². The fourth-order valence-electron chi connectivity index (χ4n) is 1.67. The summed E-state index contributed by atoms with van der Waals surface area (Å²) >= 11 is 5.93. The van der Waals surface area contributed by atoms with Crippen molar-refractivity contribution >= 4 is 29.0 Å². The highest BCUT2D eigenvalue weighted by atomic mass is 35.5. The Morgan fingerprint density at radius 1 is 1.19 bits per heavy atom. The van der Waals surface area contributed by atoms with Crippen LogP contribution in [0.5, 0.6) is 0 Å². The Morgan fingerprint density at radius 3 is 2.62 bits per heavy atom. The number of rotatable bonds is 3.